The standard InChI is InChI=1S/C16H19NO4/c1-2-4-13(5-3-1)15-12-16(17-21-15)20-11-10-19-14-6-8-18-9-7-14/h1-5,12,14H,6-11H2. The summed E-state index contributed by atoms with van der Waals surface area (Å²) in [5.41, 5.74) is 0.985. The first kappa shape index (κ1) is 14.1. The number of benzene rings is 1. The third-order valence-electron chi connectivity index (χ3n) is 3.40. The van der Waals surface area contributed by atoms with Gasteiger partial charge in [0, 0.05) is 24.8 Å². The molecule has 1 aromatic carbocycles. The van der Waals surface area contributed by atoms with Crippen molar-refractivity contribution in [3.05, 3.63) is 36.4 Å². The van der Waals surface area contributed by atoms with Crippen LogP contribution in [-0.2, 0) is 9.47 Å². The van der Waals surface area contributed by atoms with Crippen LogP contribution in [0.1, 0.15) is 12.8 Å². The summed E-state index contributed by atoms with van der Waals surface area (Å²) >= 11 is 0. The molecule has 1 saturated heterocycles. The van der Waals surface area contributed by atoms with Gasteiger partial charge in [-0.25, -0.2) is 0 Å². The average Bonchev–Trinajstić information content (AvgIpc) is 3.02. The Kier molecular flexibility index (Phi) is 4.86. The monoisotopic (exact) mass is 289 g/mol. The van der Waals surface area contributed by atoms with Gasteiger partial charge in [-0.3, -0.25) is 0 Å². The summed E-state index contributed by atoms with van der Waals surface area (Å²) < 4.78 is 21.8. The third kappa shape index (κ3) is 4.06. The van der Waals surface area contributed by atoms with E-state index in [2.05, 4.69) is 5.16 Å². The fourth-order valence-corrected chi connectivity index (χ4v) is 2.27. The Morgan fingerprint density at radius 1 is 1.10 bits per heavy atom. The van der Waals surface area contributed by atoms with Crippen LogP contribution >= 0.6 is 0 Å². The predicted octanol–water partition coefficient (Wildman–Crippen LogP) is 2.92. The highest BCUT2D eigenvalue weighted by Crippen LogP contribution is 2.23. The number of nitrogens with zero attached hydrogens (tertiary/aromatic N) is 1. The lowest BCUT2D eigenvalue weighted by Gasteiger charge is -2.22. The Labute approximate surface area is 123 Å². The van der Waals surface area contributed by atoms with E-state index in [1.54, 1.807) is 6.07 Å². The van der Waals surface area contributed by atoms with Gasteiger partial charge in [-0.05, 0) is 18.0 Å². The highest BCUT2D eigenvalue weighted by atomic mass is 16.6. The summed E-state index contributed by atoms with van der Waals surface area (Å²) in [5.74, 6) is 1.19. The fraction of sp³-hybridized carbons (Fsp3) is 0.438. The molecule has 5 heteroatoms. The van der Waals surface area contributed by atoms with E-state index in [1.165, 1.54) is 0 Å². The average molecular weight is 289 g/mol. The molecule has 1 aromatic heterocycles. The zero-order valence-electron chi connectivity index (χ0n) is 11.9. The van der Waals surface area contributed by atoms with E-state index in [9.17, 15) is 0 Å². The molecule has 0 N–H and O–H groups in total. The molecule has 2 aromatic rings. The van der Waals surface area contributed by atoms with Crippen LogP contribution in [0.2, 0.25) is 0 Å². The lowest BCUT2D eigenvalue weighted by atomic mass is 10.2. The van der Waals surface area contributed by atoms with Crippen molar-refractivity contribution in [3.8, 4) is 17.2 Å². The first-order valence-electron chi connectivity index (χ1n) is 7.26. The van der Waals surface area contributed by atoms with Crippen molar-refractivity contribution in [2.75, 3.05) is 26.4 Å². The molecular weight excluding hydrogens is 270 g/mol. The number of rotatable bonds is 6. The van der Waals surface area contributed by atoms with Gasteiger partial charge in [-0.2, -0.15) is 0 Å². The number of hydrogen-bond acceptors (Lipinski definition) is 5. The normalized spacial score (nSPS) is 16.0. The van der Waals surface area contributed by atoms with Gasteiger partial charge in [0.25, 0.3) is 5.88 Å². The minimum absolute atomic E-state index is 0.291. The van der Waals surface area contributed by atoms with E-state index >= 15 is 0 Å². The molecule has 1 aliphatic heterocycles. The Balaban J connectivity index is 1.42. The van der Waals surface area contributed by atoms with Crippen LogP contribution in [0.25, 0.3) is 11.3 Å². The lowest BCUT2D eigenvalue weighted by Crippen LogP contribution is -2.25. The maximum absolute atomic E-state index is 5.73. The lowest BCUT2D eigenvalue weighted by molar-refractivity contribution is -0.0392. The van der Waals surface area contributed by atoms with Crippen molar-refractivity contribution >= 4 is 0 Å². The molecule has 0 aliphatic carbocycles. The summed E-state index contributed by atoms with van der Waals surface area (Å²) in [4.78, 5) is 0. The topological polar surface area (TPSA) is 53.7 Å². The van der Waals surface area contributed by atoms with Crippen LogP contribution in [0.5, 0.6) is 5.88 Å². The van der Waals surface area contributed by atoms with Crippen molar-refractivity contribution in [2.45, 2.75) is 18.9 Å². The quantitative estimate of drug-likeness (QED) is 0.765. The second kappa shape index (κ2) is 7.24. The highest BCUT2D eigenvalue weighted by Gasteiger charge is 2.14. The molecule has 0 bridgehead atoms. The summed E-state index contributed by atoms with van der Waals surface area (Å²) in [7, 11) is 0. The molecule has 0 atom stereocenters. The molecule has 1 fully saturated rings. The Hall–Kier alpha value is -1.85. The van der Waals surface area contributed by atoms with Crippen LogP contribution in [0.4, 0.5) is 0 Å². The van der Waals surface area contributed by atoms with Gasteiger partial charge in [0.1, 0.15) is 6.61 Å². The van der Waals surface area contributed by atoms with Gasteiger partial charge in [0.2, 0.25) is 0 Å². The molecule has 0 saturated carbocycles. The van der Waals surface area contributed by atoms with E-state index in [0.717, 1.165) is 31.6 Å². The molecule has 3 rings (SSSR count). The minimum Gasteiger partial charge on any atom is -0.473 e. The van der Waals surface area contributed by atoms with Crippen LogP contribution in [-0.4, -0.2) is 37.7 Å². The Morgan fingerprint density at radius 3 is 2.71 bits per heavy atom. The highest BCUT2D eigenvalue weighted by molar-refractivity contribution is 5.57. The predicted molar refractivity (Wildman–Crippen MR) is 77.2 cm³/mol. The Bertz CT molecular complexity index is 534. The van der Waals surface area contributed by atoms with Gasteiger partial charge >= 0.3 is 0 Å². The number of ether oxygens (including phenoxy) is 3. The van der Waals surface area contributed by atoms with Crippen molar-refractivity contribution < 1.29 is 18.7 Å². The minimum atomic E-state index is 0.291. The molecule has 0 unspecified atom stereocenters. The molecule has 0 spiro atoms. The zero-order valence-corrected chi connectivity index (χ0v) is 11.9. The summed E-state index contributed by atoms with van der Waals surface area (Å²) in [6.07, 6.45) is 2.21. The maximum Gasteiger partial charge on any atom is 0.254 e. The zero-order chi connectivity index (χ0) is 14.3. The maximum atomic E-state index is 5.73. The largest absolute Gasteiger partial charge is 0.473 e. The van der Waals surface area contributed by atoms with Crippen molar-refractivity contribution in [1.82, 2.24) is 5.16 Å². The van der Waals surface area contributed by atoms with Crippen molar-refractivity contribution in [1.29, 1.82) is 0 Å². The van der Waals surface area contributed by atoms with Crippen LogP contribution in [0.3, 0.4) is 0 Å². The van der Waals surface area contributed by atoms with Crippen LogP contribution < -0.4 is 4.74 Å². The Morgan fingerprint density at radius 2 is 1.90 bits per heavy atom. The van der Waals surface area contributed by atoms with E-state index < -0.39 is 0 Å². The second-order valence-electron chi connectivity index (χ2n) is 4.93. The molecular formula is C16H19NO4. The summed E-state index contributed by atoms with van der Waals surface area (Å²) in [6, 6.07) is 11.6. The van der Waals surface area contributed by atoms with E-state index in [4.69, 9.17) is 18.7 Å². The smallest absolute Gasteiger partial charge is 0.254 e. The molecule has 112 valence electrons. The van der Waals surface area contributed by atoms with Gasteiger partial charge in [0.05, 0.1) is 12.7 Å². The summed E-state index contributed by atoms with van der Waals surface area (Å²) in [6.45, 7) is 2.60. The van der Waals surface area contributed by atoms with E-state index in [1.807, 2.05) is 30.3 Å². The van der Waals surface area contributed by atoms with Gasteiger partial charge < -0.3 is 18.7 Å². The van der Waals surface area contributed by atoms with Gasteiger partial charge in [-0.15, -0.1) is 0 Å². The first-order chi connectivity index (χ1) is 10.4. The molecule has 0 radical (unpaired) electrons. The van der Waals surface area contributed by atoms with Crippen LogP contribution in [0.15, 0.2) is 40.9 Å². The fourth-order valence-electron chi connectivity index (χ4n) is 2.27. The van der Waals surface area contributed by atoms with E-state index in [-0.39, 0.29) is 0 Å². The second-order valence-corrected chi connectivity index (χ2v) is 4.93. The van der Waals surface area contributed by atoms with Gasteiger partial charge in [-0.1, -0.05) is 30.3 Å². The van der Waals surface area contributed by atoms with Gasteiger partial charge in [0.15, 0.2) is 5.76 Å². The van der Waals surface area contributed by atoms with Crippen molar-refractivity contribution in [2.24, 2.45) is 0 Å². The molecule has 2 heterocycles. The van der Waals surface area contributed by atoms with E-state index in [0.29, 0.717) is 31.0 Å². The molecule has 1 aliphatic rings. The number of aromatic nitrogens is 1. The molecule has 0 amide bonds. The van der Waals surface area contributed by atoms with Crippen molar-refractivity contribution in [3.63, 3.8) is 0 Å². The molecule has 5 nitrogen and oxygen atoms in total. The molecule has 21 heavy (non-hydrogen) atoms. The number of hydrogen-bond donors (Lipinski definition) is 0. The SMILES string of the molecule is c1ccc(-c2cc(OCCOC3CCOCC3)no2)cc1. The first-order valence-corrected chi connectivity index (χ1v) is 7.26. The summed E-state index contributed by atoms with van der Waals surface area (Å²) in [5, 5.41) is 3.90. The third-order valence-corrected chi connectivity index (χ3v) is 3.40. The van der Waals surface area contributed by atoms with Crippen LogP contribution in [0, 0.1) is 0 Å².